The number of ether oxygens (including phenoxy) is 5. The Balaban J connectivity index is 0.770. The predicted molar refractivity (Wildman–Crippen MR) is 208 cm³/mol. The Bertz CT molecular complexity index is 2460. The average Bonchev–Trinajstić information content (AvgIpc) is 4.09. The first-order chi connectivity index (χ1) is 28.0. The van der Waals surface area contributed by atoms with Crippen LogP contribution in [0.15, 0.2) is 97.3 Å². The number of rotatable bonds is 10. The molecule has 10 rings (SSSR count). The van der Waals surface area contributed by atoms with Gasteiger partial charge in [0.05, 0.1) is 42.5 Å². The third-order valence-corrected chi connectivity index (χ3v) is 11.1. The van der Waals surface area contributed by atoms with Crippen molar-refractivity contribution in [3.63, 3.8) is 0 Å². The van der Waals surface area contributed by atoms with E-state index in [1.54, 1.807) is 0 Å². The molecule has 0 saturated carbocycles. The molecular weight excluding hydrogens is 725 g/mol. The minimum absolute atomic E-state index is 0.0607. The fraction of sp³-hybridized carbons (Fsp3) is 0.273. The Labute approximate surface area is 328 Å². The number of aromatic nitrogens is 4. The quantitative estimate of drug-likeness (QED) is 0.145. The number of benzene rings is 4. The van der Waals surface area contributed by atoms with Crippen LogP contribution in [0.3, 0.4) is 0 Å². The van der Waals surface area contributed by atoms with E-state index in [-0.39, 0.29) is 43.9 Å². The lowest BCUT2D eigenvalue weighted by atomic mass is 10.1. The number of hydrogen-bond donors (Lipinski definition) is 2. The Morgan fingerprint density at radius 3 is 1.98 bits per heavy atom. The Hall–Kier alpha value is -6.76. The lowest BCUT2D eigenvalue weighted by Crippen LogP contribution is -2.32. The number of aromatic amines is 2. The first-order valence-corrected chi connectivity index (χ1v) is 19.4. The van der Waals surface area contributed by atoms with E-state index in [1.165, 1.54) is 0 Å². The fourth-order valence-electron chi connectivity index (χ4n) is 8.22. The van der Waals surface area contributed by atoms with E-state index in [4.69, 9.17) is 33.7 Å². The molecule has 57 heavy (non-hydrogen) atoms. The normalized spacial score (nSPS) is 18.0. The number of nitrogens with zero attached hydrogens (tertiary/aromatic N) is 4. The summed E-state index contributed by atoms with van der Waals surface area (Å²) < 4.78 is 28.1. The molecule has 0 spiro atoms. The van der Waals surface area contributed by atoms with Gasteiger partial charge in [-0.1, -0.05) is 24.3 Å². The van der Waals surface area contributed by atoms with Crippen LogP contribution in [0.4, 0.5) is 0 Å². The molecule has 2 aromatic heterocycles. The molecule has 0 unspecified atom stereocenters. The molecular formula is C44H40N6O7. The smallest absolute Gasteiger partial charge is 0.231 e. The van der Waals surface area contributed by atoms with Crippen molar-refractivity contribution in [3.05, 3.63) is 120 Å². The zero-order valence-corrected chi connectivity index (χ0v) is 31.1. The molecule has 288 valence electrons. The van der Waals surface area contributed by atoms with Gasteiger partial charge in [-0.25, -0.2) is 9.97 Å². The van der Waals surface area contributed by atoms with Crippen molar-refractivity contribution in [3.8, 4) is 57.0 Å². The van der Waals surface area contributed by atoms with Gasteiger partial charge >= 0.3 is 0 Å². The van der Waals surface area contributed by atoms with Gasteiger partial charge in [0, 0.05) is 24.8 Å². The highest BCUT2D eigenvalue weighted by atomic mass is 16.7. The maximum atomic E-state index is 13.4. The maximum Gasteiger partial charge on any atom is 0.231 e. The summed E-state index contributed by atoms with van der Waals surface area (Å²) in [5.74, 6) is 5.84. The molecule has 6 aromatic rings. The number of H-pyrrole nitrogens is 2. The summed E-state index contributed by atoms with van der Waals surface area (Å²) in [6, 6.07) is 26.8. The summed E-state index contributed by atoms with van der Waals surface area (Å²) in [7, 11) is 0. The summed E-state index contributed by atoms with van der Waals surface area (Å²) in [5, 5.41) is 0. The van der Waals surface area contributed by atoms with Gasteiger partial charge in [-0.15, -0.1) is 0 Å². The second kappa shape index (κ2) is 14.7. The van der Waals surface area contributed by atoms with E-state index in [0.717, 1.165) is 71.0 Å². The minimum atomic E-state index is -0.115. The van der Waals surface area contributed by atoms with Crippen molar-refractivity contribution in [1.29, 1.82) is 0 Å². The molecule has 2 saturated heterocycles. The van der Waals surface area contributed by atoms with Crippen LogP contribution >= 0.6 is 0 Å². The molecule has 0 aliphatic carbocycles. The van der Waals surface area contributed by atoms with Gasteiger partial charge < -0.3 is 43.5 Å². The number of nitrogens with one attached hydrogen (secondary N) is 2. The van der Waals surface area contributed by atoms with Crippen LogP contribution in [-0.4, -0.2) is 68.2 Å². The molecule has 0 bridgehead atoms. The van der Waals surface area contributed by atoms with E-state index in [0.29, 0.717) is 54.0 Å². The number of imidazole rings is 2. The first kappa shape index (κ1) is 34.7. The number of carbonyl (C=O) groups excluding carboxylic acids is 2. The third kappa shape index (κ3) is 7.01. The Kier molecular flexibility index (Phi) is 8.96. The molecule has 2 amide bonds. The van der Waals surface area contributed by atoms with E-state index in [2.05, 4.69) is 9.97 Å². The molecule has 6 heterocycles. The monoisotopic (exact) mass is 764 g/mol. The summed E-state index contributed by atoms with van der Waals surface area (Å²) in [6.45, 7) is 1.80. The molecule has 0 radical (unpaired) electrons. The van der Waals surface area contributed by atoms with Crippen molar-refractivity contribution in [2.75, 3.05) is 26.7 Å². The van der Waals surface area contributed by atoms with E-state index in [1.807, 2.05) is 107 Å². The number of carbonyl (C=O) groups is 2. The standard InChI is InChI=1S/C44H40N6O7/c51-41(20-27-8-14-37-39(18-27)55-25-53-37)49-16-2-6-35(49)43-45-23-33(47-43)29-10-12-31(13-11-29)57-32-5-1-4-30(22-32)34-24-46-44(48-34)36-7-3-17-50(36)42(52)21-28-9-15-38-40(19-28)56-26-54-38/h1,4-5,8-15,18-19,22-24,35-36H,2-3,6-7,16-17,20-21,25-26H2,(H,45,47)(H,46,48)/t35-,36-/m0/s1. The highest BCUT2D eigenvalue weighted by molar-refractivity contribution is 5.80. The van der Waals surface area contributed by atoms with Crippen molar-refractivity contribution in [2.45, 2.75) is 50.6 Å². The first-order valence-electron chi connectivity index (χ1n) is 19.4. The second-order valence-electron chi connectivity index (χ2n) is 14.7. The third-order valence-electron chi connectivity index (χ3n) is 11.1. The fourth-order valence-corrected chi connectivity index (χ4v) is 8.22. The lowest BCUT2D eigenvalue weighted by Gasteiger charge is -2.23. The molecule has 13 nitrogen and oxygen atoms in total. The predicted octanol–water partition coefficient (Wildman–Crippen LogP) is 7.53. The minimum Gasteiger partial charge on any atom is -0.457 e. The van der Waals surface area contributed by atoms with Crippen LogP contribution in [-0.2, 0) is 22.4 Å². The molecule has 13 heteroatoms. The summed E-state index contributed by atoms with van der Waals surface area (Å²) in [6.07, 6.45) is 7.84. The average molecular weight is 765 g/mol. The van der Waals surface area contributed by atoms with Gasteiger partial charge in [-0.2, -0.15) is 0 Å². The molecule has 4 aliphatic heterocycles. The largest absolute Gasteiger partial charge is 0.457 e. The van der Waals surface area contributed by atoms with Crippen molar-refractivity contribution < 1.29 is 33.3 Å². The van der Waals surface area contributed by atoms with Crippen LogP contribution in [0.5, 0.6) is 34.5 Å². The van der Waals surface area contributed by atoms with Crippen molar-refractivity contribution >= 4 is 11.8 Å². The Morgan fingerprint density at radius 1 is 0.684 bits per heavy atom. The number of hydrogen-bond acceptors (Lipinski definition) is 9. The van der Waals surface area contributed by atoms with Crippen LogP contribution in [0.25, 0.3) is 22.5 Å². The van der Waals surface area contributed by atoms with Gasteiger partial charge in [-0.3, -0.25) is 9.59 Å². The van der Waals surface area contributed by atoms with E-state index < -0.39 is 0 Å². The Morgan fingerprint density at radius 2 is 1.32 bits per heavy atom. The van der Waals surface area contributed by atoms with Crippen LogP contribution < -0.4 is 23.7 Å². The second-order valence-corrected chi connectivity index (χ2v) is 14.7. The van der Waals surface area contributed by atoms with E-state index >= 15 is 0 Å². The van der Waals surface area contributed by atoms with Crippen LogP contribution in [0, 0.1) is 0 Å². The van der Waals surface area contributed by atoms with Crippen LogP contribution in [0.1, 0.15) is 60.5 Å². The zero-order valence-electron chi connectivity index (χ0n) is 31.1. The van der Waals surface area contributed by atoms with Gasteiger partial charge in [0.15, 0.2) is 23.0 Å². The highest BCUT2D eigenvalue weighted by Crippen LogP contribution is 2.37. The molecule has 2 atom stereocenters. The summed E-state index contributed by atoms with van der Waals surface area (Å²) in [4.78, 5) is 47.2. The zero-order chi connectivity index (χ0) is 38.3. The van der Waals surface area contributed by atoms with Crippen LogP contribution in [0.2, 0.25) is 0 Å². The summed E-state index contributed by atoms with van der Waals surface area (Å²) in [5.41, 5.74) is 5.32. The van der Waals surface area contributed by atoms with Gasteiger partial charge in [0.2, 0.25) is 25.4 Å². The molecule has 2 fully saturated rings. The topological polar surface area (TPSA) is 144 Å². The maximum absolute atomic E-state index is 13.4. The summed E-state index contributed by atoms with van der Waals surface area (Å²) >= 11 is 0. The number of likely N-dealkylation sites (tertiary alicyclic amines) is 2. The van der Waals surface area contributed by atoms with Crippen molar-refractivity contribution in [2.24, 2.45) is 0 Å². The van der Waals surface area contributed by atoms with Crippen molar-refractivity contribution in [1.82, 2.24) is 29.7 Å². The molecule has 2 N–H and O–H groups in total. The SMILES string of the molecule is O=C(Cc1ccc2c(c1)OCO2)N1CCC[C@H]1c1nc(-c2cccc(Oc3ccc(-c4cnc([C@@H]5CCCN5C(=O)Cc5ccc6c(c5)OCO6)[nH]4)cc3)c2)c[nH]1. The number of amides is 2. The molecule has 4 aliphatic rings. The van der Waals surface area contributed by atoms with Gasteiger partial charge in [0.1, 0.15) is 23.1 Å². The number of fused-ring (bicyclic) bond motifs is 2. The van der Waals surface area contributed by atoms with Gasteiger partial charge in [-0.05, 0) is 103 Å². The molecule has 4 aromatic carbocycles. The highest BCUT2D eigenvalue weighted by Gasteiger charge is 2.33. The lowest BCUT2D eigenvalue weighted by molar-refractivity contribution is -0.132. The van der Waals surface area contributed by atoms with E-state index in [9.17, 15) is 9.59 Å². The van der Waals surface area contributed by atoms with Gasteiger partial charge in [0.25, 0.3) is 0 Å².